The maximum Gasteiger partial charge on any atom is 0.411 e. The van der Waals surface area contributed by atoms with Crippen LogP contribution in [0.2, 0.25) is 0 Å². The molecule has 21 heavy (non-hydrogen) atoms. The first-order chi connectivity index (χ1) is 9.95. The first kappa shape index (κ1) is 15.5. The molecule has 0 aromatic heterocycles. The fourth-order valence-corrected chi connectivity index (χ4v) is 3.11. The summed E-state index contributed by atoms with van der Waals surface area (Å²) in [4.78, 5) is 24.0. The van der Waals surface area contributed by atoms with Gasteiger partial charge < -0.3 is 4.74 Å². The third kappa shape index (κ3) is 3.43. The van der Waals surface area contributed by atoms with Crippen molar-refractivity contribution in [2.75, 3.05) is 5.32 Å². The molecule has 0 saturated heterocycles. The number of nitrogens with one attached hydrogen (secondary N) is 1. The van der Waals surface area contributed by atoms with E-state index in [9.17, 15) is 9.59 Å². The van der Waals surface area contributed by atoms with E-state index >= 15 is 0 Å². The number of anilines is 1. The Morgan fingerprint density at radius 2 is 2.00 bits per heavy atom. The van der Waals surface area contributed by atoms with Crippen molar-refractivity contribution in [1.29, 1.82) is 0 Å². The predicted molar refractivity (Wildman–Crippen MR) is 82.1 cm³/mol. The third-order valence-corrected chi connectivity index (χ3v) is 4.61. The maximum atomic E-state index is 12.1. The van der Waals surface area contributed by atoms with Gasteiger partial charge in [-0.15, -0.1) is 0 Å². The Bertz CT molecular complexity index is 514. The number of ether oxygens (including phenoxy) is 1. The van der Waals surface area contributed by atoms with Crippen LogP contribution in [0.3, 0.4) is 0 Å². The Morgan fingerprint density at radius 3 is 2.62 bits per heavy atom. The predicted octanol–water partition coefficient (Wildman–Crippen LogP) is 4.02. The van der Waals surface area contributed by atoms with E-state index in [-0.39, 0.29) is 23.2 Å². The molecule has 1 amide bonds. The summed E-state index contributed by atoms with van der Waals surface area (Å²) in [6.07, 6.45) is 1.24. The minimum absolute atomic E-state index is 0.191. The third-order valence-electron chi connectivity index (χ3n) is 4.61. The normalized spacial score (nSPS) is 28.1. The molecule has 3 atom stereocenters. The van der Waals surface area contributed by atoms with Crippen LogP contribution < -0.4 is 5.32 Å². The molecule has 1 aliphatic rings. The van der Waals surface area contributed by atoms with E-state index in [0.717, 1.165) is 6.42 Å². The number of benzene rings is 1. The number of carbonyl (C=O) groups excluding carboxylic acids is 2. The molecule has 0 radical (unpaired) electrons. The topological polar surface area (TPSA) is 55.4 Å². The number of amides is 1. The summed E-state index contributed by atoms with van der Waals surface area (Å²) in [7, 11) is 0. The second kappa shape index (κ2) is 6.29. The highest BCUT2D eigenvalue weighted by molar-refractivity contribution is 5.86. The average molecular weight is 289 g/mol. The molecule has 1 aromatic rings. The number of carbonyl (C=O) groups is 2. The van der Waals surface area contributed by atoms with E-state index in [0.29, 0.717) is 18.5 Å². The monoisotopic (exact) mass is 289 g/mol. The molecule has 0 spiro atoms. The van der Waals surface area contributed by atoms with Gasteiger partial charge >= 0.3 is 6.09 Å². The van der Waals surface area contributed by atoms with Crippen molar-refractivity contribution in [2.45, 2.75) is 46.1 Å². The lowest BCUT2D eigenvalue weighted by atomic mass is 9.76. The van der Waals surface area contributed by atoms with Gasteiger partial charge in [-0.05, 0) is 30.9 Å². The minimum atomic E-state index is -0.452. The van der Waals surface area contributed by atoms with Gasteiger partial charge in [0.2, 0.25) is 0 Å². The largest absolute Gasteiger partial charge is 0.446 e. The second-order valence-corrected chi connectivity index (χ2v) is 6.05. The zero-order chi connectivity index (χ0) is 15.5. The van der Waals surface area contributed by atoms with Crippen molar-refractivity contribution >= 4 is 17.6 Å². The molecular formula is C17H23NO3. The van der Waals surface area contributed by atoms with Crippen molar-refractivity contribution in [2.24, 2.45) is 11.3 Å². The fourth-order valence-electron chi connectivity index (χ4n) is 3.11. The lowest BCUT2D eigenvalue weighted by Gasteiger charge is -2.26. The summed E-state index contributed by atoms with van der Waals surface area (Å²) in [6, 6.07) is 9.21. The number of hydrogen-bond acceptors (Lipinski definition) is 3. The zero-order valence-corrected chi connectivity index (χ0v) is 12.9. The van der Waals surface area contributed by atoms with Gasteiger partial charge in [-0.2, -0.15) is 0 Å². The van der Waals surface area contributed by atoms with E-state index in [1.165, 1.54) is 0 Å². The molecule has 1 aromatic carbocycles. The molecule has 2 rings (SSSR count). The lowest BCUT2D eigenvalue weighted by Crippen LogP contribution is -2.30. The smallest absolute Gasteiger partial charge is 0.411 e. The highest BCUT2D eigenvalue weighted by atomic mass is 16.6. The average Bonchev–Trinajstić information content (AvgIpc) is 2.74. The van der Waals surface area contributed by atoms with Gasteiger partial charge in [-0.3, -0.25) is 10.1 Å². The molecule has 0 aliphatic heterocycles. The van der Waals surface area contributed by atoms with Gasteiger partial charge in [0, 0.05) is 17.5 Å². The molecule has 0 unspecified atom stereocenters. The van der Waals surface area contributed by atoms with E-state index in [1.54, 1.807) is 0 Å². The number of para-hydroxylation sites is 1. The van der Waals surface area contributed by atoms with Crippen molar-refractivity contribution in [1.82, 2.24) is 0 Å². The second-order valence-electron chi connectivity index (χ2n) is 6.05. The van der Waals surface area contributed by atoms with Crippen LogP contribution in [0.25, 0.3) is 0 Å². The standard InChI is InChI=1S/C17H23NO3/c1-4-15(19)17(3)11-14(10-12(17)2)21-16(20)18-13-8-6-5-7-9-13/h5-9,12,14H,4,10-11H2,1-3H3,(H,18,20)/t12-,14-,17+/m1/s1. The van der Waals surface area contributed by atoms with E-state index < -0.39 is 6.09 Å². The number of ketones is 1. The summed E-state index contributed by atoms with van der Waals surface area (Å²) in [5, 5.41) is 2.71. The maximum absolute atomic E-state index is 12.1. The molecule has 1 aliphatic carbocycles. The Kier molecular flexibility index (Phi) is 4.66. The highest BCUT2D eigenvalue weighted by Crippen LogP contribution is 2.45. The van der Waals surface area contributed by atoms with Crippen LogP contribution in [0.5, 0.6) is 0 Å². The van der Waals surface area contributed by atoms with Crippen LogP contribution in [0.15, 0.2) is 30.3 Å². The van der Waals surface area contributed by atoms with E-state index in [2.05, 4.69) is 12.2 Å². The van der Waals surface area contributed by atoms with Gasteiger partial charge in [-0.25, -0.2) is 4.79 Å². The highest BCUT2D eigenvalue weighted by Gasteiger charge is 2.47. The Balaban J connectivity index is 1.93. The lowest BCUT2D eigenvalue weighted by molar-refractivity contribution is -0.129. The Labute approximate surface area is 125 Å². The molecule has 0 bridgehead atoms. The van der Waals surface area contributed by atoms with E-state index in [4.69, 9.17) is 4.74 Å². The van der Waals surface area contributed by atoms with Gasteiger partial charge in [0.1, 0.15) is 11.9 Å². The molecule has 114 valence electrons. The molecule has 4 heteroatoms. The molecule has 4 nitrogen and oxygen atoms in total. The molecular weight excluding hydrogens is 266 g/mol. The van der Waals surface area contributed by atoms with Crippen molar-refractivity contribution < 1.29 is 14.3 Å². The quantitative estimate of drug-likeness (QED) is 0.910. The Hall–Kier alpha value is -1.84. The zero-order valence-electron chi connectivity index (χ0n) is 12.9. The fraction of sp³-hybridized carbons (Fsp3) is 0.529. The van der Waals surface area contributed by atoms with Crippen molar-refractivity contribution in [3.63, 3.8) is 0 Å². The first-order valence-corrected chi connectivity index (χ1v) is 7.51. The number of Topliss-reactive ketones (excluding diaryl/α,β-unsaturated/α-hetero) is 1. The van der Waals surface area contributed by atoms with Gasteiger partial charge in [0.15, 0.2) is 0 Å². The molecule has 1 fully saturated rings. The summed E-state index contributed by atoms with van der Waals surface area (Å²) < 4.78 is 5.47. The minimum Gasteiger partial charge on any atom is -0.446 e. The molecule has 0 heterocycles. The van der Waals surface area contributed by atoms with Gasteiger partial charge in [0.25, 0.3) is 0 Å². The summed E-state index contributed by atoms with van der Waals surface area (Å²) in [6.45, 7) is 5.94. The number of rotatable bonds is 4. The molecule has 1 N–H and O–H groups in total. The summed E-state index contributed by atoms with van der Waals surface area (Å²) in [5.41, 5.74) is 0.341. The van der Waals surface area contributed by atoms with Crippen LogP contribution in [0.1, 0.15) is 40.0 Å². The van der Waals surface area contributed by atoms with Crippen LogP contribution in [0, 0.1) is 11.3 Å². The Morgan fingerprint density at radius 1 is 1.33 bits per heavy atom. The van der Waals surface area contributed by atoms with Crippen LogP contribution in [-0.2, 0) is 9.53 Å². The van der Waals surface area contributed by atoms with Crippen LogP contribution >= 0.6 is 0 Å². The molecule has 1 saturated carbocycles. The van der Waals surface area contributed by atoms with Crippen molar-refractivity contribution in [3.8, 4) is 0 Å². The first-order valence-electron chi connectivity index (χ1n) is 7.51. The summed E-state index contributed by atoms with van der Waals surface area (Å²) >= 11 is 0. The van der Waals surface area contributed by atoms with Gasteiger partial charge in [-0.1, -0.05) is 39.0 Å². The number of hydrogen-bond donors (Lipinski definition) is 1. The summed E-state index contributed by atoms with van der Waals surface area (Å²) in [5.74, 6) is 0.490. The van der Waals surface area contributed by atoms with Crippen LogP contribution in [0.4, 0.5) is 10.5 Å². The van der Waals surface area contributed by atoms with Gasteiger partial charge in [0.05, 0.1) is 0 Å². The van der Waals surface area contributed by atoms with Crippen LogP contribution in [-0.4, -0.2) is 18.0 Å². The van der Waals surface area contributed by atoms with E-state index in [1.807, 2.05) is 44.2 Å². The van der Waals surface area contributed by atoms with Crippen molar-refractivity contribution in [3.05, 3.63) is 30.3 Å². The SMILES string of the molecule is CCC(=O)[C@@]1(C)C[C@H](OC(=O)Nc2ccccc2)C[C@H]1C.